The number of carbonyl (C=O) groups is 3. The molecule has 2 aromatic rings. The highest BCUT2D eigenvalue weighted by molar-refractivity contribution is 5.95. The van der Waals surface area contributed by atoms with Crippen molar-refractivity contribution in [3.8, 4) is 0 Å². The van der Waals surface area contributed by atoms with Crippen molar-refractivity contribution in [2.24, 2.45) is 0 Å². The van der Waals surface area contributed by atoms with E-state index in [-0.39, 0.29) is 43.2 Å². The maximum atomic E-state index is 13.5. The van der Waals surface area contributed by atoms with E-state index in [9.17, 15) is 18.8 Å². The van der Waals surface area contributed by atoms with Gasteiger partial charge in [-0.15, -0.1) is 0 Å². The molecule has 3 amide bonds. The lowest BCUT2D eigenvalue weighted by molar-refractivity contribution is -0.156. The molecule has 0 spiro atoms. The average Bonchev–Trinajstić information content (AvgIpc) is 2.97. The van der Waals surface area contributed by atoms with E-state index in [0.717, 1.165) is 5.69 Å². The molecular formula is C21H24FN5O3. The van der Waals surface area contributed by atoms with Crippen molar-refractivity contribution >= 4 is 17.7 Å². The summed E-state index contributed by atoms with van der Waals surface area (Å²) in [6.45, 7) is 3.25. The van der Waals surface area contributed by atoms with Crippen LogP contribution in [0.3, 0.4) is 0 Å². The Kier molecular flexibility index (Phi) is 5.52. The molecule has 1 atom stereocenters. The molecule has 8 nitrogen and oxygen atoms in total. The molecule has 2 aliphatic rings. The molecule has 0 saturated carbocycles. The van der Waals surface area contributed by atoms with Gasteiger partial charge in [0.25, 0.3) is 0 Å². The summed E-state index contributed by atoms with van der Waals surface area (Å²) < 4.78 is 15.1. The average molecular weight is 413 g/mol. The van der Waals surface area contributed by atoms with Crippen LogP contribution in [0.15, 0.2) is 36.5 Å². The van der Waals surface area contributed by atoms with Gasteiger partial charge >= 0.3 is 0 Å². The van der Waals surface area contributed by atoms with Gasteiger partial charge in [0.15, 0.2) is 0 Å². The Morgan fingerprint density at radius 2 is 2.03 bits per heavy atom. The van der Waals surface area contributed by atoms with Gasteiger partial charge in [-0.3, -0.25) is 19.1 Å². The number of halogens is 1. The van der Waals surface area contributed by atoms with Gasteiger partial charge in [0.05, 0.1) is 5.69 Å². The number of amides is 3. The summed E-state index contributed by atoms with van der Waals surface area (Å²) >= 11 is 0. The molecule has 2 fully saturated rings. The maximum absolute atomic E-state index is 13.5. The highest BCUT2D eigenvalue weighted by Crippen LogP contribution is 2.21. The Hall–Kier alpha value is -3.23. The van der Waals surface area contributed by atoms with Crippen LogP contribution in [0, 0.1) is 12.7 Å². The van der Waals surface area contributed by atoms with Crippen LogP contribution in [0.25, 0.3) is 0 Å². The molecule has 30 heavy (non-hydrogen) atoms. The van der Waals surface area contributed by atoms with Gasteiger partial charge in [0, 0.05) is 32.4 Å². The molecule has 3 heterocycles. The van der Waals surface area contributed by atoms with Crippen molar-refractivity contribution in [2.75, 3.05) is 26.2 Å². The van der Waals surface area contributed by atoms with E-state index >= 15 is 0 Å². The molecule has 0 radical (unpaired) electrons. The van der Waals surface area contributed by atoms with Crippen LogP contribution in [0.1, 0.15) is 17.7 Å². The first-order valence-electron chi connectivity index (χ1n) is 10.0. The van der Waals surface area contributed by atoms with E-state index in [1.165, 1.54) is 17.0 Å². The summed E-state index contributed by atoms with van der Waals surface area (Å²) in [5.74, 6) is -0.765. The molecule has 0 bridgehead atoms. The fourth-order valence-electron chi connectivity index (χ4n) is 4.06. The second kappa shape index (κ2) is 8.25. The lowest BCUT2D eigenvalue weighted by Crippen LogP contribution is -2.59. The van der Waals surface area contributed by atoms with Crippen LogP contribution in [-0.2, 0) is 27.5 Å². The Labute approximate surface area is 173 Å². The summed E-state index contributed by atoms with van der Waals surface area (Å²) in [5.41, 5.74) is 1.48. The van der Waals surface area contributed by atoms with Crippen molar-refractivity contribution in [2.45, 2.75) is 32.5 Å². The van der Waals surface area contributed by atoms with Crippen molar-refractivity contribution in [1.82, 2.24) is 24.5 Å². The highest BCUT2D eigenvalue weighted by Gasteiger charge is 2.41. The van der Waals surface area contributed by atoms with E-state index in [2.05, 4.69) is 5.10 Å². The first-order chi connectivity index (χ1) is 14.4. The lowest BCUT2D eigenvalue weighted by Gasteiger charge is -2.39. The van der Waals surface area contributed by atoms with E-state index in [1.807, 2.05) is 13.0 Å². The first-order valence-corrected chi connectivity index (χ1v) is 10.0. The topological polar surface area (TPSA) is 78.8 Å². The number of aromatic nitrogens is 2. The number of piperazine rings is 1. The van der Waals surface area contributed by atoms with Gasteiger partial charge in [-0.05, 0) is 37.1 Å². The number of hydrogen-bond donors (Lipinski definition) is 0. The molecule has 2 saturated heterocycles. The minimum Gasteiger partial charge on any atom is -0.339 e. The minimum absolute atomic E-state index is 0.0354. The van der Waals surface area contributed by atoms with Gasteiger partial charge in [-0.1, -0.05) is 12.1 Å². The quantitative estimate of drug-likeness (QED) is 0.743. The number of nitrogens with zero attached hydrogens (tertiary/aromatic N) is 5. The normalized spacial score (nSPS) is 19.7. The van der Waals surface area contributed by atoms with Crippen LogP contribution in [0.2, 0.25) is 0 Å². The molecule has 4 rings (SSSR count). The van der Waals surface area contributed by atoms with Gasteiger partial charge in [0.1, 0.15) is 24.9 Å². The third kappa shape index (κ3) is 4.19. The molecule has 0 aliphatic carbocycles. The smallest absolute Gasteiger partial charge is 0.246 e. The largest absolute Gasteiger partial charge is 0.339 e. The third-order valence-electron chi connectivity index (χ3n) is 5.59. The second-order valence-corrected chi connectivity index (χ2v) is 7.75. The van der Waals surface area contributed by atoms with Gasteiger partial charge < -0.3 is 14.7 Å². The SMILES string of the molecule is Cc1ccn(CC(=O)N2CCC3C(=O)N(Cc4cccc(F)c4)CC(=O)N3CC2)n1. The number of aryl methyl sites for hydroxylation is 1. The zero-order chi connectivity index (χ0) is 21.3. The number of fused-ring (bicyclic) bond motifs is 1. The van der Waals surface area contributed by atoms with Gasteiger partial charge in [-0.25, -0.2) is 4.39 Å². The number of hydrogen-bond acceptors (Lipinski definition) is 4. The molecule has 9 heteroatoms. The molecule has 1 aromatic heterocycles. The lowest BCUT2D eigenvalue weighted by atomic mass is 10.1. The first kappa shape index (κ1) is 20.1. The van der Waals surface area contributed by atoms with Crippen molar-refractivity contribution in [1.29, 1.82) is 0 Å². The predicted molar refractivity (Wildman–Crippen MR) is 105 cm³/mol. The maximum Gasteiger partial charge on any atom is 0.246 e. The zero-order valence-corrected chi connectivity index (χ0v) is 16.8. The molecule has 1 aromatic carbocycles. The highest BCUT2D eigenvalue weighted by atomic mass is 19.1. The number of carbonyl (C=O) groups excluding carboxylic acids is 3. The summed E-state index contributed by atoms with van der Waals surface area (Å²) in [4.78, 5) is 43.2. The summed E-state index contributed by atoms with van der Waals surface area (Å²) in [7, 11) is 0. The van der Waals surface area contributed by atoms with Crippen LogP contribution in [0.4, 0.5) is 4.39 Å². The Morgan fingerprint density at radius 1 is 1.20 bits per heavy atom. The van der Waals surface area contributed by atoms with Crippen LogP contribution in [0.5, 0.6) is 0 Å². The Morgan fingerprint density at radius 3 is 2.77 bits per heavy atom. The minimum atomic E-state index is -0.593. The van der Waals surface area contributed by atoms with Crippen LogP contribution < -0.4 is 0 Å². The van der Waals surface area contributed by atoms with E-state index in [4.69, 9.17) is 0 Å². The fourth-order valence-corrected chi connectivity index (χ4v) is 4.06. The Balaban J connectivity index is 1.42. The third-order valence-corrected chi connectivity index (χ3v) is 5.59. The second-order valence-electron chi connectivity index (χ2n) is 7.75. The molecule has 1 unspecified atom stereocenters. The summed E-state index contributed by atoms with van der Waals surface area (Å²) in [6.07, 6.45) is 2.14. The fraction of sp³-hybridized carbons (Fsp3) is 0.429. The van der Waals surface area contributed by atoms with Crippen LogP contribution in [-0.4, -0.2) is 74.4 Å². The Bertz CT molecular complexity index is 975. The van der Waals surface area contributed by atoms with Crippen molar-refractivity contribution in [3.63, 3.8) is 0 Å². The summed E-state index contributed by atoms with van der Waals surface area (Å²) in [6, 6.07) is 7.27. The molecule has 0 N–H and O–H groups in total. The van der Waals surface area contributed by atoms with E-state index < -0.39 is 6.04 Å². The molecular weight excluding hydrogens is 389 g/mol. The summed E-state index contributed by atoms with van der Waals surface area (Å²) in [5, 5.41) is 4.24. The molecule has 158 valence electrons. The zero-order valence-electron chi connectivity index (χ0n) is 16.8. The van der Waals surface area contributed by atoms with Crippen molar-refractivity contribution in [3.05, 3.63) is 53.6 Å². The van der Waals surface area contributed by atoms with E-state index in [0.29, 0.717) is 31.6 Å². The number of rotatable bonds is 4. The van der Waals surface area contributed by atoms with Gasteiger partial charge in [0.2, 0.25) is 17.7 Å². The standard InChI is InChI=1S/C21H24FN5O3/c1-15-5-8-26(23-15)14-19(28)24-7-6-18-21(30)25(13-20(29)27(18)10-9-24)12-16-3-2-4-17(22)11-16/h2-5,8,11,18H,6-7,9-10,12-14H2,1H3. The number of benzene rings is 1. The van der Waals surface area contributed by atoms with Crippen molar-refractivity contribution < 1.29 is 18.8 Å². The predicted octanol–water partition coefficient (Wildman–Crippen LogP) is 0.803. The van der Waals surface area contributed by atoms with E-state index in [1.54, 1.807) is 32.8 Å². The monoisotopic (exact) mass is 413 g/mol. The van der Waals surface area contributed by atoms with Crippen LogP contribution >= 0.6 is 0 Å². The van der Waals surface area contributed by atoms with Gasteiger partial charge in [-0.2, -0.15) is 5.10 Å². The molecule has 2 aliphatic heterocycles.